The molecule has 6 nitrogen and oxygen atoms in total. The van der Waals surface area contributed by atoms with Crippen LogP contribution in [0.15, 0.2) is 199 Å². The van der Waals surface area contributed by atoms with E-state index in [0.29, 0.717) is 23.9 Å². The first-order chi connectivity index (χ1) is 36.5. The van der Waals surface area contributed by atoms with Gasteiger partial charge in [-0.25, -0.2) is 5.43 Å². The smallest absolute Gasteiger partial charge is 0.0637 e. The van der Waals surface area contributed by atoms with Gasteiger partial charge in [-0.05, 0) is 167 Å². The first-order valence-corrected chi connectivity index (χ1v) is 28.1. The van der Waals surface area contributed by atoms with Crippen LogP contribution in [0, 0.1) is 41.4 Å². The highest BCUT2D eigenvalue weighted by atomic mass is 15.4. The average Bonchev–Trinajstić information content (AvgIpc) is 3.86. The summed E-state index contributed by atoms with van der Waals surface area (Å²) in [6, 6.07) is 69.6. The van der Waals surface area contributed by atoms with E-state index < -0.39 is 0 Å². The maximum absolute atomic E-state index is 4.56. The molecule has 74 heavy (non-hydrogen) atoms. The third kappa shape index (κ3) is 9.04. The Labute approximate surface area is 439 Å². The van der Waals surface area contributed by atoms with Crippen LogP contribution >= 0.6 is 0 Å². The van der Waals surface area contributed by atoms with Crippen molar-refractivity contribution >= 4 is 39.6 Å². The summed E-state index contributed by atoms with van der Waals surface area (Å²) in [5.41, 5.74) is 26.2. The molecule has 6 heteroatoms. The second kappa shape index (κ2) is 20.5. The Bertz CT molecular complexity index is 3050. The number of nitrogens with one attached hydrogen (secondary N) is 5. The highest BCUT2D eigenvalue weighted by Crippen LogP contribution is 2.62. The minimum Gasteiger partial charge on any atom is -0.378 e. The number of hydrogen-bond acceptors (Lipinski definition) is 6. The van der Waals surface area contributed by atoms with Gasteiger partial charge in [-0.15, -0.1) is 0 Å². The largest absolute Gasteiger partial charge is 0.378 e. The van der Waals surface area contributed by atoms with Crippen molar-refractivity contribution in [2.24, 2.45) is 41.4 Å². The van der Waals surface area contributed by atoms with Gasteiger partial charge in [-0.2, -0.15) is 0 Å². The number of rotatable bonds is 13. The van der Waals surface area contributed by atoms with Crippen LogP contribution in [0.25, 0.3) is 33.4 Å². The summed E-state index contributed by atoms with van der Waals surface area (Å²) in [5, 5.41) is 12.6. The van der Waals surface area contributed by atoms with Gasteiger partial charge >= 0.3 is 0 Å². The molecule has 5 fully saturated rings. The molecule has 1 aliphatic heterocycles. The van der Waals surface area contributed by atoms with Crippen molar-refractivity contribution in [1.82, 2.24) is 21.5 Å². The van der Waals surface area contributed by atoms with Crippen LogP contribution in [0.5, 0.6) is 0 Å². The van der Waals surface area contributed by atoms with E-state index in [1.165, 1.54) is 107 Å². The Balaban J connectivity index is 0.873. The lowest BCUT2D eigenvalue weighted by Crippen LogP contribution is -2.58. The van der Waals surface area contributed by atoms with Crippen LogP contribution in [0.3, 0.4) is 0 Å². The van der Waals surface area contributed by atoms with E-state index in [2.05, 4.69) is 234 Å². The Morgan fingerprint density at radius 2 is 0.986 bits per heavy atom. The molecular weight excluding hydrogens is 901 g/mol. The van der Waals surface area contributed by atoms with Gasteiger partial charge in [-0.3, -0.25) is 5.43 Å². The molecule has 9 atom stereocenters. The van der Waals surface area contributed by atoms with Gasteiger partial charge in [0.1, 0.15) is 0 Å². The molecule has 0 bridgehead atoms. The predicted molar refractivity (Wildman–Crippen MR) is 308 cm³/mol. The highest BCUT2D eigenvalue weighted by molar-refractivity contribution is 5.88. The van der Waals surface area contributed by atoms with Gasteiger partial charge in [0.15, 0.2) is 0 Å². The number of hydrogen-bond donors (Lipinski definition) is 5. The van der Waals surface area contributed by atoms with Crippen LogP contribution in [-0.2, 0) is 0 Å². The van der Waals surface area contributed by atoms with Crippen molar-refractivity contribution in [3.05, 3.63) is 211 Å². The van der Waals surface area contributed by atoms with Crippen molar-refractivity contribution < 1.29 is 0 Å². The summed E-state index contributed by atoms with van der Waals surface area (Å²) in [7, 11) is 0. The molecule has 7 aromatic carbocycles. The van der Waals surface area contributed by atoms with Gasteiger partial charge in [0, 0.05) is 52.6 Å². The zero-order chi connectivity index (χ0) is 49.5. The quantitative estimate of drug-likeness (QED) is 0.0742. The molecule has 5 N–H and O–H groups in total. The van der Waals surface area contributed by atoms with Crippen LogP contribution in [0.4, 0.5) is 28.4 Å². The number of nitrogens with zero attached hydrogens (tertiary/aromatic N) is 1. The summed E-state index contributed by atoms with van der Waals surface area (Å²) in [6.45, 7) is 5.48. The van der Waals surface area contributed by atoms with Crippen molar-refractivity contribution in [2.45, 2.75) is 89.8 Å². The summed E-state index contributed by atoms with van der Waals surface area (Å²) < 4.78 is 0. The summed E-state index contributed by atoms with van der Waals surface area (Å²) >= 11 is 0. The van der Waals surface area contributed by atoms with Crippen molar-refractivity contribution in [2.75, 3.05) is 16.8 Å². The molecular formula is C68H72N6. The Morgan fingerprint density at radius 1 is 0.473 bits per heavy atom. The van der Waals surface area contributed by atoms with Gasteiger partial charge in [0.2, 0.25) is 0 Å². The lowest BCUT2D eigenvalue weighted by atomic mass is 9.54. The molecule has 374 valence electrons. The minimum absolute atomic E-state index is 0.0532. The summed E-state index contributed by atoms with van der Waals surface area (Å²) in [6.07, 6.45) is 12.2. The fourth-order valence-electron chi connectivity index (χ4n) is 14.9. The standard InChI is InChI=1S/C68H72N6/c1-44(2)43-69-73-61-42-60(49-29-25-45(26-30-49)48-35-39-57(40-36-48)74(55-19-8-4-9-20-55)56-21-10-5-11-22-56)66-67(71-65-59-24-14-16-52-41-51-15-12-13-23-58(51)64(62(52)59)68(65)72-66)63(61)50-31-27-46(28-32-50)47-33-37-54(38-34-47)70-53-17-6-3-7-18-53/h3-11,17-22,25-40,44,51-52,58-59,61-62,64-65,68-73H,12-16,23-24,41-43H2,1-2H3. The highest BCUT2D eigenvalue weighted by Gasteiger charge is 2.61. The number of fused-ring (bicyclic) bond motifs is 6. The summed E-state index contributed by atoms with van der Waals surface area (Å²) in [5.74, 6) is 5.41. The number of benzene rings is 7. The molecule has 7 aromatic rings. The Hall–Kier alpha value is -6.86. The number of para-hydroxylation sites is 3. The van der Waals surface area contributed by atoms with Gasteiger partial charge in [-0.1, -0.05) is 173 Å². The summed E-state index contributed by atoms with van der Waals surface area (Å²) in [4.78, 5) is 2.33. The second-order valence-corrected chi connectivity index (χ2v) is 22.9. The molecule has 4 saturated carbocycles. The van der Waals surface area contributed by atoms with Crippen LogP contribution in [0.1, 0.15) is 82.8 Å². The lowest BCUT2D eigenvalue weighted by molar-refractivity contribution is -0.0142. The maximum Gasteiger partial charge on any atom is 0.0637 e. The van der Waals surface area contributed by atoms with Crippen molar-refractivity contribution in [3.8, 4) is 22.3 Å². The van der Waals surface area contributed by atoms with Crippen LogP contribution in [-0.4, -0.2) is 24.7 Å². The molecule has 0 spiro atoms. The van der Waals surface area contributed by atoms with Gasteiger partial charge in [0.25, 0.3) is 0 Å². The fourth-order valence-corrected chi connectivity index (χ4v) is 14.9. The maximum atomic E-state index is 4.56. The molecule has 13 rings (SSSR count). The fraction of sp³-hybridized carbons (Fsp3) is 0.324. The first kappa shape index (κ1) is 46.9. The minimum atomic E-state index is 0.0532. The van der Waals surface area contributed by atoms with Crippen LogP contribution < -0.4 is 31.7 Å². The normalized spacial score (nSPS) is 25.7. The number of anilines is 5. The molecule has 0 aromatic heterocycles. The number of hydrazine groups is 1. The van der Waals surface area contributed by atoms with E-state index in [4.69, 9.17) is 0 Å². The molecule has 1 saturated heterocycles. The van der Waals surface area contributed by atoms with Gasteiger partial charge < -0.3 is 20.9 Å². The second-order valence-electron chi connectivity index (χ2n) is 22.9. The van der Waals surface area contributed by atoms with Crippen molar-refractivity contribution in [1.29, 1.82) is 0 Å². The topological polar surface area (TPSA) is 63.4 Å². The van der Waals surface area contributed by atoms with E-state index in [1.54, 1.807) is 0 Å². The van der Waals surface area contributed by atoms with Crippen molar-refractivity contribution in [3.63, 3.8) is 0 Å². The predicted octanol–water partition coefficient (Wildman–Crippen LogP) is 15.7. The zero-order valence-corrected chi connectivity index (χ0v) is 43.2. The van der Waals surface area contributed by atoms with Gasteiger partial charge in [0.05, 0.1) is 17.4 Å². The molecule has 0 amide bonds. The molecule has 1 heterocycles. The van der Waals surface area contributed by atoms with E-state index >= 15 is 0 Å². The molecule has 6 aliphatic rings. The third-order valence-electron chi connectivity index (χ3n) is 18.1. The lowest BCUT2D eigenvalue weighted by Gasteiger charge is -2.51. The molecule has 9 unspecified atom stereocenters. The van der Waals surface area contributed by atoms with E-state index in [1.807, 2.05) is 0 Å². The Kier molecular flexibility index (Phi) is 13.0. The Morgan fingerprint density at radius 3 is 1.64 bits per heavy atom. The van der Waals surface area contributed by atoms with E-state index in [0.717, 1.165) is 71.0 Å². The zero-order valence-electron chi connectivity index (χ0n) is 43.2. The number of piperazine rings is 1. The van der Waals surface area contributed by atoms with E-state index in [-0.39, 0.29) is 6.04 Å². The monoisotopic (exact) mass is 973 g/mol. The average molecular weight is 973 g/mol. The van der Waals surface area contributed by atoms with Crippen LogP contribution in [0.2, 0.25) is 0 Å². The third-order valence-corrected chi connectivity index (χ3v) is 18.1. The molecule has 0 radical (unpaired) electrons. The van der Waals surface area contributed by atoms with E-state index in [9.17, 15) is 0 Å². The first-order valence-electron chi connectivity index (χ1n) is 28.1. The molecule has 5 aliphatic carbocycles. The SMILES string of the molecule is CC(C)CNNC1CC(c2ccc(-c3ccc(N(c4ccccc4)c4ccccc4)cc3)cc2)=C2NC3C(NC2=C1c1ccc(-c2ccc(Nc4ccccc4)cc2)cc1)C1CCCC2CC4CCCCC4C3C21.